The average molecular weight is 213 g/mol. The lowest BCUT2D eigenvalue weighted by atomic mass is 10.3. The minimum Gasteiger partial charge on any atom is -0.389 e. The van der Waals surface area contributed by atoms with E-state index >= 15 is 0 Å². The second-order valence-electron chi connectivity index (χ2n) is 3.64. The number of hydrogen-bond donors (Lipinski definition) is 2. The highest BCUT2D eigenvalue weighted by Crippen LogP contribution is 2.00. The van der Waals surface area contributed by atoms with Gasteiger partial charge in [0.15, 0.2) is 0 Å². The van der Waals surface area contributed by atoms with Crippen molar-refractivity contribution < 1.29 is 9.84 Å². The van der Waals surface area contributed by atoms with E-state index in [4.69, 9.17) is 4.74 Å². The Morgan fingerprint density at radius 2 is 2.40 bits per heavy atom. The van der Waals surface area contributed by atoms with Crippen molar-refractivity contribution in [1.82, 2.24) is 15.1 Å². The van der Waals surface area contributed by atoms with Gasteiger partial charge >= 0.3 is 0 Å². The average Bonchev–Trinajstić information content (AvgIpc) is 2.46. The predicted octanol–water partition coefficient (Wildman–Crippen LogP) is -0.175. The van der Waals surface area contributed by atoms with Gasteiger partial charge in [-0.05, 0) is 13.0 Å². The number of ether oxygens (including phenoxy) is 1. The second-order valence-corrected chi connectivity index (χ2v) is 3.64. The van der Waals surface area contributed by atoms with Gasteiger partial charge in [0.05, 0.1) is 24.1 Å². The Balaban J connectivity index is 2.28. The molecule has 1 aromatic rings. The van der Waals surface area contributed by atoms with Crippen LogP contribution in [-0.2, 0) is 18.3 Å². The summed E-state index contributed by atoms with van der Waals surface area (Å²) in [6, 6.07) is 2.02. The molecule has 0 saturated heterocycles. The first-order valence-electron chi connectivity index (χ1n) is 5.00. The fourth-order valence-electron chi connectivity index (χ4n) is 1.45. The van der Waals surface area contributed by atoms with Crippen LogP contribution >= 0.6 is 0 Å². The predicted molar refractivity (Wildman–Crippen MR) is 57.5 cm³/mol. The molecule has 0 aliphatic rings. The summed E-state index contributed by atoms with van der Waals surface area (Å²) in [5, 5.41) is 16.8. The third-order valence-corrected chi connectivity index (χ3v) is 2.14. The number of rotatable bonds is 6. The Morgan fingerprint density at radius 1 is 1.67 bits per heavy atom. The topological polar surface area (TPSA) is 59.3 Å². The van der Waals surface area contributed by atoms with E-state index in [1.54, 1.807) is 7.11 Å². The molecule has 2 N–H and O–H groups in total. The number of aryl methyl sites for hydroxylation is 2. The van der Waals surface area contributed by atoms with E-state index in [0.29, 0.717) is 19.7 Å². The Kier molecular flexibility index (Phi) is 4.74. The third kappa shape index (κ3) is 3.99. The normalized spacial score (nSPS) is 13.1. The van der Waals surface area contributed by atoms with Crippen molar-refractivity contribution in [3.63, 3.8) is 0 Å². The maximum Gasteiger partial charge on any atom is 0.0897 e. The number of nitrogens with zero attached hydrogens (tertiary/aromatic N) is 2. The van der Waals surface area contributed by atoms with Crippen molar-refractivity contribution >= 4 is 0 Å². The van der Waals surface area contributed by atoms with Gasteiger partial charge in [0, 0.05) is 27.2 Å². The first kappa shape index (κ1) is 12.2. The summed E-state index contributed by atoms with van der Waals surface area (Å²) in [7, 11) is 3.49. The lowest BCUT2D eigenvalue weighted by Crippen LogP contribution is -2.30. The minimum absolute atomic E-state index is 0.359. The molecule has 0 bridgehead atoms. The van der Waals surface area contributed by atoms with Crippen molar-refractivity contribution in [3.05, 3.63) is 17.5 Å². The molecule has 0 radical (unpaired) electrons. The van der Waals surface area contributed by atoms with Crippen molar-refractivity contribution in [3.8, 4) is 0 Å². The number of hydrogen-bond acceptors (Lipinski definition) is 4. The van der Waals surface area contributed by atoms with Gasteiger partial charge < -0.3 is 15.2 Å². The van der Waals surface area contributed by atoms with E-state index < -0.39 is 6.10 Å². The molecule has 0 fully saturated rings. The molecule has 86 valence electrons. The summed E-state index contributed by atoms with van der Waals surface area (Å²) >= 11 is 0. The van der Waals surface area contributed by atoms with Gasteiger partial charge in [-0.25, -0.2) is 0 Å². The molecule has 0 aliphatic heterocycles. The highest BCUT2D eigenvalue weighted by Gasteiger charge is 2.04. The van der Waals surface area contributed by atoms with Gasteiger partial charge in [-0.3, -0.25) is 4.68 Å². The molecule has 1 heterocycles. The first-order chi connectivity index (χ1) is 7.13. The zero-order valence-corrected chi connectivity index (χ0v) is 9.53. The molecule has 1 atom stereocenters. The number of aliphatic hydroxyl groups is 1. The standard InChI is InChI=1S/C10H19N3O2/c1-8-4-9(13(2)12-8)5-11-6-10(14)7-15-3/h4,10-11,14H,5-7H2,1-3H3. The Labute approximate surface area is 90.1 Å². The number of aliphatic hydroxyl groups excluding tert-OH is 1. The van der Waals surface area contributed by atoms with Crippen LogP contribution in [0, 0.1) is 6.92 Å². The van der Waals surface area contributed by atoms with Crippen molar-refractivity contribution in [2.24, 2.45) is 7.05 Å². The molecule has 0 spiro atoms. The van der Waals surface area contributed by atoms with Crippen LogP contribution in [0.1, 0.15) is 11.4 Å². The van der Waals surface area contributed by atoms with Crippen LogP contribution in [0.4, 0.5) is 0 Å². The minimum atomic E-state index is -0.454. The fourth-order valence-corrected chi connectivity index (χ4v) is 1.45. The molecule has 5 nitrogen and oxygen atoms in total. The van der Waals surface area contributed by atoms with Crippen molar-refractivity contribution in [2.75, 3.05) is 20.3 Å². The maximum atomic E-state index is 9.39. The van der Waals surface area contributed by atoms with Crippen LogP contribution in [-0.4, -0.2) is 41.3 Å². The van der Waals surface area contributed by atoms with E-state index in [1.807, 2.05) is 24.7 Å². The molecule has 0 amide bonds. The fraction of sp³-hybridized carbons (Fsp3) is 0.700. The molecule has 1 rings (SSSR count). The zero-order chi connectivity index (χ0) is 11.3. The molecule has 0 aliphatic carbocycles. The number of methoxy groups -OCH3 is 1. The van der Waals surface area contributed by atoms with Gasteiger partial charge in [0.2, 0.25) is 0 Å². The molecular weight excluding hydrogens is 194 g/mol. The van der Waals surface area contributed by atoms with E-state index in [1.165, 1.54) is 0 Å². The van der Waals surface area contributed by atoms with E-state index in [2.05, 4.69) is 10.4 Å². The van der Waals surface area contributed by atoms with Crippen LogP contribution in [0.25, 0.3) is 0 Å². The summed E-state index contributed by atoms with van der Waals surface area (Å²) in [4.78, 5) is 0. The highest BCUT2D eigenvalue weighted by atomic mass is 16.5. The summed E-state index contributed by atoms with van der Waals surface area (Å²) in [5.74, 6) is 0. The van der Waals surface area contributed by atoms with Crippen molar-refractivity contribution in [1.29, 1.82) is 0 Å². The van der Waals surface area contributed by atoms with E-state index in [0.717, 1.165) is 11.4 Å². The van der Waals surface area contributed by atoms with E-state index in [9.17, 15) is 5.11 Å². The quantitative estimate of drug-likeness (QED) is 0.688. The lowest BCUT2D eigenvalue weighted by molar-refractivity contribution is 0.0643. The lowest BCUT2D eigenvalue weighted by Gasteiger charge is -2.10. The Bertz CT molecular complexity index is 299. The molecule has 1 aromatic heterocycles. The van der Waals surface area contributed by atoms with Crippen LogP contribution in [0.15, 0.2) is 6.07 Å². The largest absolute Gasteiger partial charge is 0.389 e. The molecule has 0 saturated carbocycles. The van der Waals surface area contributed by atoms with Gasteiger partial charge in [0.1, 0.15) is 0 Å². The highest BCUT2D eigenvalue weighted by molar-refractivity contribution is 5.08. The Hall–Kier alpha value is -0.910. The van der Waals surface area contributed by atoms with Crippen molar-refractivity contribution in [2.45, 2.75) is 19.6 Å². The summed E-state index contributed by atoms with van der Waals surface area (Å²) in [6.45, 7) is 3.55. The Morgan fingerprint density at radius 3 is 2.93 bits per heavy atom. The first-order valence-corrected chi connectivity index (χ1v) is 5.00. The van der Waals surface area contributed by atoms with Crippen LogP contribution in [0.5, 0.6) is 0 Å². The molecule has 0 aromatic carbocycles. The molecule has 5 heteroatoms. The maximum absolute atomic E-state index is 9.39. The summed E-state index contributed by atoms with van der Waals surface area (Å²) in [6.07, 6.45) is -0.454. The van der Waals surface area contributed by atoms with Gasteiger partial charge in [-0.1, -0.05) is 0 Å². The van der Waals surface area contributed by atoms with Crippen LogP contribution in [0.3, 0.4) is 0 Å². The summed E-state index contributed by atoms with van der Waals surface area (Å²) < 4.78 is 6.66. The monoisotopic (exact) mass is 213 g/mol. The molecule has 15 heavy (non-hydrogen) atoms. The molecular formula is C10H19N3O2. The number of nitrogens with one attached hydrogen (secondary N) is 1. The van der Waals surface area contributed by atoms with Gasteiger partial charge in [-0.15, -0.1) is 0 Å². The third-order valence-electron chi connectivity index (χ3n) is 2.14. The second kappa shape index (κ2) is 5.85. The van der Waals surface area contributed by atoms with Crippen LogP contribution in [0.2, 0.25) is 0 Å². The molecule has 1 unspecified atom stereocenters. The smallest absolute Gasteiger partial charge is 0.0897 e. The summed E-state index contributed by atoms with van der Waals surface area (Å²) in [5.41, 5.74) is 2.11. The van der Waals surface area contributed by atoms with Crippen LogP contribution < -0.4 is 5.32 Å². The SMILES string of the molecule is COCC(O)CNCc1cc(C)nn1C. The van der Waals surface area contributed by atoms with Gasteiger partial charge in [-0.2, -0.15) is 5.10 Å². The van der Waals surface area contributed by atoms with E-state index in [-0.39, 0.29) is 0 Å². The number of aromatic nitrogens is 2. The zero-order valence-electron chi connectivity index (χ0n) is 9.53. The van der Waals surface area contributed by atoms with Gasteiger partial charge in [0.25, 0.3) is 0 Å².